The fourth-order valence-corrected chi connectivity index (χ4v) is 3.55. The van der Waals surface area contributed by atoms with Gasteiger partial charge in [0.15, 0.2) is 5.16 Å². The van der Waals surface area contributed by atoms with Crippen LogP contribution < -0.4 is 11.1 Å². The number of anilines is 2. The molecule has 0 radical (unpaired) electrons. The van der Waals surface area contributed by atoms with Gasteiger partial charge < -0.3 is 16.2 Å². The van der Waals surface area contributed by atoms with Crippen molar-refractivity contribution in [2.75, 3.05) is 11.1 Å². The summed E-state index contributed by atoms with van der Waals surface area (Å²) in [5.41, 5.74) is 7.15. The number of aliphatic hydroxyl groups is 1. The number of thioether (sulfide) groups is 1. The molecule has 2 aromatic rings. The molecule has 0 amide bonds. The molecular formula is C17H22N4OS. The predicted octanol–water partition coefficient (Wildman–Crippen LogP) is 3.07. The van der Waals surface area contributed by atoms with E-state index >= 15 is 0 Å². The zero-order chi connectivity index (χ0) is 16.1. The second kappa shape index (κ2) is 7.66. The van der Waals surface area contributed by atoms with Crippen molar-refractivity contribution >= 4 is 23.4 Å². The van der Waals surface area contributed by atoms with Crippen LogP contribution >= 0.6 is 11.8 Å². The SMILES string of the molecule is Nc1cc(NC2CCC(O)CC2)nc(SCc2ccccc2)n1. The van der Waals surface area contributed by atoms with Crippen molar-refractivity contribution in [3.8, 4) is 0 Å². The first-order valence-electron chi connectivity index (χ1n) is 7.95. The van der Waals surface area contributed by atoms with E-state index in [0.29, 0.717) is 17.0 Å². The molecule has 0 bridgehead atoms. The Morgan fingerprint density at radius 1 is 1.13 bits per heavy atom. The molecule has 0 aliphatic heterocycles. The number of nitrogens with zero attached hydrogens (tertiary/aromatic N) is 2. The van der Waals surface area contributed by atoms with E-state index in [1.54, 1.807) is 17.8 Å². The lowest BCUT2D eigenvalue weighted by molar-refractivity contribution is 0.126. The zero-order valence-electron chi connectivity index (χ0n) is 13.0. The number of nitrogens with two attached hydrogens (primary N) is 1. The topological polar surface area (TPSA) is 84.1 Å². The highest BCUT2D eigenvalue weighted by molar-refractivity contribution is 7.98. The summed E-state index contributed by atoms with van der Waals surface area (Å²) in [6, 6.07) is 12.4. The first-order valence-corrected chi connectivity index (χ1v) is 8.93. The van der Waals surface area contributed by atoms with Crippen LogP contribution in [0.1, 0.15) is 31.2 Å². The van der Waals surface area contributed by atoms with Gasteiger partial charge in [-0.2, -0.15) is 0 Å². The van der Waals surface area contributed by atoms with Gasteiger partial charge in [-0.05, 0) is 31.2 Å². The maximum atomic E-state index is 9.58. The minimum Gasteiger partial charge on any atom is -0.393 e. The Morgan fingerprint density at radius 2 is 1.87 bits per heavy atom. The second-order valence-electron chi connectivity index (χ2n) is 5.88. The van der Waals surface area contributed by atoms with Crippen molar-refractivity contribution in [2.24, 2.45) is 0 Å². The summed E-state index contributed by atoms with van der Waals surface area (Å²) >= 11 is 1.58. The molecule has 5 nitrogen and oxygen atoms in total. The molecule has 1 aliphatic carbocycles. The summed E-state index contributed by atoms with van der Waals surface area (Å²) in [6.45, 7) is 0. The minimum atomic E-state index is -0.152. The molecule has 0 spiro atoms. The standard InChI is InChI=1S/C17H22N4OS/c18-15-10-16(19-13-6-8-14(22)9-7-13)21-17(20-15)23-11-12-4-2-1-3-5-12/h1-5,10,13-14,22H,6-9,11H2,(H3,18,19,20,21). The molecule has 6 heteroatoms. The number of hydrogen-bond donors (Lipinski definition) is 3. The van der Waals surface area contributed by atoms with E-state index in [-0.39, 0.29) is 6.10 Å². The predicted molar refractivity (Wildman–Crippen MR) is 94.3 cm³/mol. The fraction of sp³-hybridized carbons (Fsp3) is 0.412. The van der Waals surface area contributed by atoms with E-state index in [4.69, 9.17) is 5.73 Å². The lowest BCUT2D eigenvalue weighted by Crippen LogP contribution is -2.28. The van der Waals surface area contributed by atoms with Gasteiger partial charge in [0.05, 0.1) is 6.10 Å². The number of nitrogen functional groups attached to an aromatic ring is 1. The van der Waals surface area contributed by atoms with Gasteiger partial charge in [0, 0.05) is 17.9 Å². The van der Waals surface area contributed by atoms with Crippen LogP contribution in [-0.4, -0.2) is 27.2 Å². The molecule has 1 heterocycles. The summed E-state index contributed by atoms with van der Waals surface area (Å²) in [5.74, 6) is 2.07. The average molecular weight is 330 g/mol. The number of aromatic nitrogens is 2. The van der Waals surface area contributed by atoms with Crippen molar-refractivity contribution in [1.82, 2.24) is 9.97 Å². The number of hydrogen-bond acceptors (Lipinski definition) is 6. The maximum absolute atomic E-state index is 9.58. The second-order valence-corrected chi connectivity index (χ2v) is 6.83. The van der Waals surface area contributed by atoms with Gasteiger partial charge in [0.25, 0.3) is 0 Å². The smallest absolute Gasteiger partial charge is 0.191 e. The van der Waals surface area contributed by atoms with E-state index in [1.165, 1.54) is 5.56 Å². The van der Waals surface area contributed by atoms with Crippen molar-refractivity contribution in [1.29, 1.82) is 0 Å². The molecule has 0 atom stereocenters. The van der Waals surface area contributed by atoms with Crippen LogP contribution in [0, 0.1) is 0 Å². The highest BCUT2D eigenvalue weighted by atomic mass is 32.2. The van der Waals surface area contributed by atoms with Gasteiger partial charge in [-0.15, -0.1) is 0 Å². The average Bonchev–Trinajstić information content (AvgIpc) is 2.56. The summed E-state index contributed by atoms with van der Waals surface area (Å²) in [7, 11) is 0. The quantitative estimate of drug-likeness (QED) is 0.577. The van der Waals surface area contributed by atoms with Crippen LogP contribution in [0.25, 0.3) is 0 Å². The molecule has 1 aromatic heterocycles. The molecule has 0 saturated heterocycles. The summed E-state index contributed by atoms with van der Waals surface area (Å²) < 4.78 is 0. The van der Waals surface area contributed by atoms with E-state index < -0.39 is 0 Å². The number of rotatable bonds is 5. The first kappa shape index (κ1) is 16.1. The number of benzene rings is 1. The van der Waals surface area contributed by atoms with Crippen LogP contribution in [0.15, 0.2) is 41.6 Å². The molecule has 4 N–H and O–H groups in total. The molecule has 1 aromatic carbocycles. The maximum Gasteiger partial charge on any atom is 0.191 e. The van der Waals surface area contributed by atoms with Crippen LogP contribution in [0.5, 0.6) is 0 Å². The molecule has 1 fully saturated rings. The third-order valence-electron chi connectivity index (χ3n) is 3.98. The number of aliphatic hydroxyl groups excluding tert-OH is 1. The Bertz CT molecular complexity index is 630. The molecular weight excluding hydrogens is 308 g/mol. The van der Waals surface area contributed by atoms with Crippen molar-refractivity contribution < 1.29 is 5.11 Å². The Morgan fingerprint density at radius 3 is 2.61 bits per heavy atom. The van der Waals surface area contributed by atoms with E-state index in [9.17, 15) is 5.11 Å². The van der Waals surface area contributed by atoms with Gasteiger partial charge in [-0.1, -0.05) is 42.1 Å². The zero-order valence-corrected chi connectivity index (χ0v) is 13.8. The Kier molecular flexibility index (Phi) is 5.35. The largest absolute Gasteiger partial charge is 0.393 e. The van der Waals surface area contributed by atoms with Crippen LogP contribution in [0.3, 0.4) is 0 Å². The van der Waals surface area contributed by atoms with Crippen molar-refractivity contribution in [3.05, 3.63) is 42.0 Å². The Labute approximate surface area is 140 Å². The van der Waals surface area contributed by atoms with Gasteiger partial charge in [0.1, 0.15) is 11.6 Å². The third kappa shape index (κ3) is 4.84. The minimum absolute atomic E-state index is 0.152. The third-order valence-corrected chi connectivity index (χ3v) is 4.90. The lowest BCUT2D eigenvalue weighted by Gasteiger charge is -2.26. The van der Waals surface area contributed by atoms with Crippen LogP contribution in [0.4, 0.5) is 11.6 Å². The summed E-state index contributed by atoms with van der Waals surface area (Å²) in [6.07, 6.45) is 3.44. The summed E-state index contributed by atoms with van der Waals surface area (Å²) in [4.78, 5) is 8.86. The molecule has 0 unspecified atom stereocenters. The van der Waals surface area contributed by atoms with Gasteiger partial charge in [0.2, 0.25) is 0 Å². The lowest BCUT2D eigenvalue weighted by atomic mass is 9.93. The highest BCUT2D eigenvalue weighted by Gasteiger charge is 2.19. The van der Waals surface area contributed by atoms with Crippen molar-refractivity contribution in [2.45, 2.75) is 48.7 Å². The molecule has 3 rings (SSSR count). The first-order chi connectivity index (χ1) is 11.2. The van der Waals surface area contributed by atoms with Crippen molar-refractivity contribution in [3.63, 3.8) is 0 Å². The Balaban J connectivity index is 1.62. The van der Waals surface area contributed by atoms with E-state index in [2.05, 4.69) is 27.4 Å². The monoisotopic (exact) mass is 330 g/mol. The number of nitrogens with one attached hydrogen (secondary N) is 1. The van der Waals surface area contributed by atoms with Crippen LogP contribution in [-0.2, 0) is 5.75 Å². The molecule has 23 heavy (non-hydrogen) atoms. The summed E-state index contributed by atoms with van der Waals surface area (Å²) in [5, 5.41) is 13.7. The Hall–Kier alpha value is -1.79. The molecule has 1 aliphatic rings. The fourth-order valence-electron chi connectivity index (χ4n) is 2.73. The van der Waals surface area contributed by atoms with Gasteiger partial charge in [-0.3, -0.25) is 0 Å². The van der Waals surface area contributed by atoms with Gasteiger partial charge in [-0.25, -0.2) is 9.97 Å². The van der Waals surface area contributed by atoms with E-state index in [0.717, 1.165) is 37.3 Å². The molecule has 1 saturated carbocycles. The highest BCUT2D eigenvalue weighted by Crippen LogP contribution is 2.25. The molecule has 122 valence electrons. The van der Waals surface area contributed by atoms with Crippen LogP contribution in [0.2, 0.25) is 0 Å². The normalized spacial score (nSPS) is 21.1. The van der Waals surface area contributed by atoms with E-state index in [1.807, 2.05) is 18.2 Å². The van der Waals surface area contributed by atoms with Gasteiger partial charge >= 0.3 is 0 Å².